The van der Waals surface area contributed by atoms with Gasteiger partial charge in [-0.2, -0.15) is 0 Å². The van der Waals surface area contributed by atoms with E-state index in [-0.39, 0.29) is 6.54 Å². The molecule has 2 heterocycles. The van der Waals surface area contributed by atoms with E-state index in [4.69, 9.17) is 4.98 Å². The molecular formula is C28H23N3O2. The Hall–Kier alpha value is -4.25. The summed E-state index contributed by atoms with van der Waals surface area (Å²) in [6.45, 7) is 0.284. The maximum Gasteiger partial charge on any atom is 0.330 e. The van der Waals surface area contributed by atoms with Crippen molar-refractivity contribution >= 4 is 18.0 Å². The summed E-state index contributed by atoms with van der Waals surface area (Å²) in [6, 6.07) is 30.0. The summed E-state index contributed by atoms with van der Waals surface area (Å²) in [5.74, 6) is -0.923. The Morgan fingerprint density at radius 2 is 1.48 bits per heavy atom. The second kappa shape index (κ2) is 9.09. The molecule has 0 amide bonds. The lowest BCUT2D eigenvalue weighted by Gasteiger charge is -2.24. The van der Waals surface area contributed by atoms with Crippen LogP contribution in [-0.2, 0) is 11.2 Å². The van der Waals surface area contributed by atoms with Crippen molar-refractivity contribution < 1.29 is 9.90 Å². The molecule has 3 aromatic carbocycles. The lowest BCUT2D eigenvalue weighted by Crippen LogP contribution is -2.28. The number of benzene rings is 3. The number of carbonyl (C=O) groups is 1. The van der Waals surface area contributed by atoms with Crippen LogP contribution >= 0.6 is 0 Å². The van der Waals surface area contributed by atoms with Gasteiger partial charge in [0.2, 0.25) is 0 Å². The molecule has 0 aliphatic carbocycles. The zero-order chi connectivity index (χ0) is 22.6. The topological polar surface area (TPSA) is 65.8 Å². The molecule has 5 heteroatoms. The summed E-state index contributed by atoms with van der Waals surface area (Å²) >= 11 is 0. The Balaban J connectivity index is 1.73. The Bertz CT molecular complexity index is 1290. The fourth-order valence-corrected chi connectivity index (χ4v) is 4.25. The van der Waals surface area contributed by atoms with E-state index >= 15 is 0 Å². The van der Waals surface area contributed by atoms with Crippen molar-refractivity contribution in [2.75, 3.05) is 11.4 Å². The van der Waals surface area contributed by atoms with Gasteiger partial charge >= 0.3 is 5.97 Å². The largest absolute Gasteiger partial charge is 0.480 e. The minimum Gasteiger partial charge on any atom is -0.480 e. The van der Waals surface area contributed by atoms with Gasteiger partial charge in [0.1, 0.15) is 0 Å². The normalized spacial score (nSPS) is 15.0. The van der Waals surface area contributed by atoms with Crippen molar-refractivity contribution in [3.63, 3.8) is 0 Å². The number of carboxylic acids is 1. The molecule has 1 N–H and O–H groups in total. The zero-order valence-electron chi connectivity index (χ0n) is 18.0. The highest BCUT2D eigenvalue weighted by molar-refractivity contribution is 5.95. The molecule has 4 aromatic rings. The first-order chi connectivity index (χ1) is 16.2. The summed E-state index contributed by atoms with van der Waals surface area (Å²) in [7, 11) is 0. The van der Waals surface area contributed by atoms with Crippen LogP contribution in [0.1, 0.15) is 11.1 Å². The SMILES string of the molecule is O=C(O)[C@@H]1CN(c2cnc(-c3ccccc3)c(Cc3ccccc3)c2-c2ccccc2)C=N1. The first kappa shape index (κ1) is 20.6. The fourth-order valence-electron chi connectivity index (χ4n) is 4.25. The summed E-state index contributed by atoms with van der Waals surface area (Å²) < 4.78 is 0. The van der Waals surface area contributed by atoms with Gasteiger partial charge in [0.05, 0.1) is 30.5 Å². The predicted molar refractivity (Wildman–Crippen MR) is 132 cm³/mol. The molecular weight excluding hydrogens is 410 g/mol. The van der Waals surface area contributed by atoms with E-state index in [9.17, 15) is 9.90 Å². The molecule has 0 saturated heterocycles. The Morgan fingerprint density at radius 1 is 0.879 bits per heavy atom. The van der Waals surface area contributed by atoms with Crippen LogP contribution < -0.4 is 4.90 Å². The molecule has 5 rings (SSSR count). The third-order valence-corrected chi connectivity index (χ3v) is 5.84. The van der Waals surface area contributed by atoms with Crippen molar-refractivity contribution in [2.24, 2.45) is 4.99 Å². The van der Waals surface area contributed by atoms with Crippen LogP contribution in [-0.4, -0.2) is 35.0 Å². The van der Waals surface area contributed by atoms with E-state index in [0.29, 0.717) is 6.42 Å². The van der Waals surface area contributed by atoms with Crippen molar-refractivity contribution in [3.05, 3.63) is 108 Å². The number of carboxylic acid groups (broad SMARTS) is 1. The molecule has 0 fully saturated rings. The van der Waals surface area contributed by atoms with Crippen molar-refractivity contribution in [1.82, 2.24) is 4.98 Å². The number of rotatable bonds is 6. The van der Waals surface area contributed by atoms with Crippen molar-refractivity contribution in [1.29, 1.82) is 0 Å². The average Bonchev–Trinajstić information content (AvgIpc) is 3.36. The molecule has 33 heavy (non-hydrogen) atoms. The minimum atomic E-state index is -0.923. The molecule has 0 spiro atoms. The molecule has 0 bridgehead atoms. The molecule has 1 aromatic heterocycles. The van der Waals surface area contributed by atoms with Gasteiger partial charge in [-0.15, -0.1) is 0 Å². The summed E-state index contributed by atoms with van der Waals surface area (Å²) in [4.78, 5) is 22.5. The van der Waals surface area contributed by atoms with Gasteiger partial charge in [-0.3, -0.25) is 9.98 Å². The first-order valence-corrected chi connectivity index (χ1v) is 10.9. The molecule has 0 saturated carbocycles. The first-order valence-electron chi connectivity index (χ1n) is 10.9. The third kappa shape index (κ3) is 4.26. The van der Waals surface area contributed by atoms with E-state index in [0.717, 1.165) is 33.6 Å². The number of nitrogens with zero attached hydrogens (tertiary/aromatic N) is 3. The number of aromatic nitrogens is 1. The number of hydrogen-bond acceptors (Lipinski definition) is 4. The summed E-state index contributed by atoms with van der Waals surface area (Å²) in [5.41, 5.74) is 7.22. The minimum absolute atomic E-state index is 0.284. The lowest BCUT2D eigenvalue weighted by atomic mass is 9.90. The van der Waals surface area contributed by atoms with Gasteiger partial charge in [0.25, 0.3) is 0 Å². The second-order valence-electron chi connectivity index (χ2n) is 8.01. The smallest absolute Gasteiger partial charge is 0.330 e. The van der Waals surface area contributed by atoms with Gasteiger partial charge in [-0.1, -0.05) is 91.0 Å². The highest BCUT2D eigenvalue weighted by Crippen LogP contribution is 2.40. The van der Waals surface area contributed by atoms with Crippen LogP contribution in [0.15, 0.2) is 102 Å². The molecule has 5 nitrogen and oxygen atoms in total. The molecule has 1 aliphatic heterocycles. The number of hydrogen-bond donors (Lipinski definition) is 1. The third-order valence-electron chi connectivity index (χ3n) is 5.84. The van der Waals surface area contributed by atoms with E-state index in [1.165, 1.54) is 5.56 Å². The molecule has 1 aliphatic rings. The fraction of sp³-hybridized carbons (Fsp3) is 0.107. The maximum absolute atomic E-state index is 11.5. The van der Waals surface area contributed by atoms with E-state index in [1.54, 1.807) is 6.34 Å². The average molecular weight is 434 g/mol. The highest BCUT2D eigenvalue weighted by Gasteiger charge is 2.28. The number of anilines is 1. The van der Waals surface area contributed by atoms with Gasteiger partial charge < -0.3 is 10.0 Å². The van der Waals surface area contributed by atoms with Crippen LogP contribution in [0.2, 0.25) is 0 Å². The summed E-state index contributed by atoms with van der Waals surface area (Å²) in [5, 5.41) is 9.45. The zero-order valence-corrected chi connectivity index (χ0v) is 18.0. The molecule has 0 unspecified atom stereocenters. The van der Waals surface area contributed by atoms with Crippen LogP contribution in [0.5, 0.6) is 0 Å². The second-order valence-corrected chi connectivity index (χ2v) is 8.01. The van der Waals surface area contributed by atoms with Crippen LogP contribution in [0.4, 0.5) is 5.69 Å². The van der Waals surface area contributed by atoms with Gasteiger partial charge in [0, 0.05) is 17.5 Å². The molecule has 162 valence electrons. The van der Waals surface area contributed by atoms with Gasteiger partial charge in [-0.05, 0) is 16.7 Å². The number of aliphatic imine (C=N–C) groups is 1. The standard InChI is InChI=1S/C28H23N3O2/c32-28(33)24-18-31(19-30-24)25-17-29-27(22-14-8-3-9-15-22)23(16-20-10-4-1-5-11-20)26(25)21-12-6-2-7-13-21/h1-15,17,19,24H,16,18H2,(H,32,33)/t24-/m0/s1. The van der Waals surface area contributed by atoms with Crippen molar-refractivity contribution in [3.8, 4) is 22.4 Å². The molecule has 1 atom stereocenters. The maximum atomic E-state index is 11.5. The number of aliphatic carboxylic acids is 1. The van der Waals surface area contributed by atoms with Crippen LogP contribution in [0.3, 0.4) is 0 Å². The van der Waals surface area contributed by atoms with E-state index in [2.05, 4.69) is 41.4 Å². The monoisotopic (exact) mass is 433 g/mol. The van der Waals surface area contributed by atoms with Gasteiger partial charge in [-0.25, -0.2) is 4.79 Å². The van der Waals surface area contributed by atoms with Crippen LogP contribution in [0.25, 0.3) is 22.4 Å². The van der Waals surface area contributed by atoms with Crippen LogP contribution in [0, 0.1) is 0 Å². The Kier molecular flexibility index (Phi) is 5.68. The van der Waals surface area contributed by atoms with E-state index < -0.39 is 12.0 Å². The highest BCUT2D eigenvalue weighted by atomic mass is 16.4. The predicted octanol–water partition coefficient (Wildman–Crippen LogP) is 5.31. The quantitative estimate of drug-likeness (QED) is 0.448. The van der Waals surface area contributed by atoms with Gasteiger partial charge in [0.15, 0.2) is 6.04 Å². The molecule has 0 radical (unpaired) electrons. The Morgan fingerprint density at radius 3 is 2.09 bits per heavy atom. The summed E-state index contributed by atoms with van der Waals surface area (Å²) in [6.07, 6.45) is 4.16. The van der Waals surface area contributed by atoms with E-state index in [1.807, 2.05) is 65.7 Å². The lowest BCUT2D eigenvalue weighted by molar-refractivity contribution is -0.138. The van der Waals surface area contributed by atoms with Crippen molar-refractivity contribution in [2.45, 2.75) is 12.5 Å². The number of pyridine rings is 1. The Labute approximate surface area is 192 Å².